The van der Waals surface area contributed by atoms with Crippen LogP contribution in [0.1, 0.15) is 15.9 Å². The summed E-state index contributed by atoms with van der Waals surface area (Å²) in [7, 11) is 1.38. The number of ether oxygens (including phenoxy) is 2. The van der Waals surface area contributed by atoms with Crippen LogP contribution in [0.15, 0.2) is 40.9 Å². The Kier molecular flexibility index (Phi) is 4.80. The average molecular weight is 354 g/mol. The van der Waals surface area contributed by atoms with Crippen molar-refractivity contribution >= 4 is 27.6 Å². The molecule has 0 radical (unpaired) electrons. The van der Waals surface area contributed by atoms with E-state index >= 15 is 0 Å². The summed E-state index contributed by atoms with van der Waals surface area (Å²) in [4.78, 5) is 11.9. The van der Waals surface area contributed by atoms with Crippen molar-refractivity contribution in [3.05, 3.63) is 57.8 Å². The predicted molar refractivity (Wildman–Crippen MR) is 80.6 cm³/mol. The van der Waals surface area contributed by atoms with E-state index in [4.69, 9.17) is 15.2 Å². The molecule has 0 fully saturated rings. The molecule has 6 heteroatoms. The van der Waals surface area contributed by atoms with E-state index in [2.05, 4.69) is 15.9 Å². The largest absolute Gasteiger partial charge is 0.494 e. The number of anilines is 1. The summed E-state index contributed by atoms with van der Waals surface area (Å²) in [6, 6.07) is 9.17. The summed E-state index contributed by atoms with van der Waals surface area (Å²) in [5.74, 6) is -0.887. The first-order chi connectivity index (χ1) is 9.99. The van der Waals surface area contributed by atoms with Crippen LogP contribution in [-0.2, 0) is 11.3 Å². The fraction of sp³-hybridized carbons (Fsp3) is 0.133. The highest BCUT2D eigenvalue weighted by atomic mass is 79.9. The minimum atomic E-state index is -0.528. The molecule has 2 rings (SSSR count). The molecule has 0 aromatic heterocycles. The van der Waals surface area contributed by atoms with Gasteiger partial charge < -0.3 is 15.2 Å². The third-order valence-electron chi connectivity index (χ3n) is 2.74. The van der Waals surface area contributed by atoms with Gasteiger partial charge in [-0.15, -0.1) is 0 Å². The zero-order valence-corrected chi connectivity index (χ0v) is 12.8. The quantitative estimate of drug-likeness (QED) is 0.674. The zero-order chi connectivity index (χ0) is 15.4. The van der Waals surface area contributed by atoms with Gasteiger partial charge in [0, 0.05) is 10.2 Å². The summed E-state index contributed by atoms with van der Waals surface area (Å²) in [6.07, 6.45) is 0. The van der Waals surface area contributed by atoms with Gasteiger partial charge in [0.1, 0.15) is 6.61 Å². The maximum Gasteiger partial charge on any atom is 0.338 e. The van der Waals surface area contributed by atoms with Crippen molar-refractivity contribution in [1.82, 2.24) is 0 Å². The number of hydrogen-bond acceptors (Lipinski definition) is 4. The Morgan fingerprint density at radius 1 is 1.29 bits per heavy atom. The Bertz CT molecular complexity index is 656. The number of halogens is 2. The molecule has 0 atom stereocenters. The van der Waals surface area contributed by atoms with Crippen LogP contribution in [-0.4, -0.2) is 13.1 Å². The van der Waals surface area contributed by atoms with Gasteiger partial charge in [-0.05, 0) is 35.9 Å². The summed E-state index contributed by atoms with van der Waals surface area (Å²) in [5, 5.41) is 0. The average Bonchev–Trinajstić information content (AvgIpc) is 2.43. The molecule has 21 heavy (non-hydrogen) atoms. The SMILES string of the molecule is COc1ccc(COC(=O)c2cc(N)cc(Br)c2)cc1F. The second-order valence-corrected chi connectivity index (χ2v) is 5.23. The van der Waals surface area contributed by atoms with Crippen molar-refractivity contribution in [3.8, 4) is 5.75 Å². The Labute approximate surface area is 129 Å². The standard InChI is InChI=1S/C15H13BrFNO3/c1-20-14-3-2-9(4-13(14)17)8-21-15(19)10-5-11(16)7-12(18)6-10/h2-7H,8,18H2,1H3. The Hall–Kier alpha value is -2.08. The van der Waals surface area contributed by atoms with E-state index in [-0.39, 0.29) is 12.4 Å². The molecule has 4 nitrogen and oxygen atoms in total. The van der Waals surface area contributed by atoms with Crippen LogP contribution >= 0.6 is 15.9 Å². The molecule has 0 amide bonds. The van der Waals surface area contributed by atoms with Gasteiger partial charge in [-0.1, -0.05) is 22.0 Å². The number of carbonyl (C=O) groups is 1. The van der Waals surface area contributed by atoms with Crippen molar-refractivity contribution < 1.29 is 18.7 Å². The molecule has 110 valence electrons. The minimum Gasteiger partial charge on any atom is -0.494 e. The van der Waals surface area contributed by atoms with Crippen LogP contribution < -0.4 is 10.5 Å². The van der Waals surface area contributed by atoms with Gasteiger partial charge in [-0.3, -0.25) is 0 Å². The number of methoxy groups -OCH3 is 1. The van der Waals surface area contributed by atoms with E-state index < -0.39 is 11.8 Å². The lowest BCUT2D eigenvalue weighted by Crippen LogP contribution is -2.06. The molecule has 0 spiro atoms. The first-order valence-corrected chi connectivity index (χ1v) is 6.84. The number of nitrogens with two attached hydrogens (primary N) is 1. The smallest absolute Gasteiger partial charge is 0.338 e. The number of carbonyl (C=O) groups excluding carboxylic acids is 1. The van der Waals surface area contributed by atoms with Crippen molar-refractivity contribution in [1.29, 1.82) is 0 Å². The van der Waals surface area contributed by atoms with Gasteiger partial charge in [0.05, 0.1) is 12.7 Å². The second-order valence-electron chi connectivity index (χ2n) is 4.32. The molecule has 2 aromatic carbocycles. The third-order valence-corrected chi connectivity index (χ3v) is 3.20. The lowest BCUT2D eigenvalue weighted by Gasteiger charge is -2.08. The molecule has 0 aliphatic rings. The van der Waals surface area contributed by atoms with E-state index in [0.29, 0.717) is 21.3 Å². The first kappa shape index (κ1) is 15.3. The molecular weight excluding hydrogens is 341 g/mol. The minimum absolute atomic E-state index is 0.0355. The normalized spacial score (nSPS) is 10.2. The highest BCUT2D eigenvalue weighted by Crippen LogP contribution is 2.20. The number of benzene rings is 2. The number of rotatable bonds is 4. The van der Waals surface area contributed by atoms with E-state index in [1.54, 1.807) is 18.2 Å². The van der Waals surface area contributed by atoms with E-state index in [1.807, 2.05) is 0 Å². The third kappa shape index (κ3) is 3.95. The molecule has 0 aliphatic carbocycles. The van der Waals surface area contributed by atoms with Crippen LogP contribution in [0.3, 0.4) is 0 Å². The topological polar surface area (TPSA) is 61.5 Å². The molecule has 0 saturated carbocycles. The number of esters is 1. The Morgan fingerprint density at radius 3 is 2.67 bits per heavy atom. The summed E-state index contributed by atoms with van der Waals surface area (Å²) in [6.45, 7) is -0.0355. The maximum atomic E-state index is 13.5. The van der Waals surface area contributed by atoms with Gasteiger partial charge in [0.2, 0.25) is 0 Å². The summed E-state index contributed by atoms with van der Waals surface area (Å²) < 4.78 is 24.1. The van der Waals surface area contributed by atoms with Crippen molar-refractivity contribution in [2.75, 3.05) is 12.8 Å². The van der Waals surface area contributed by atoms with Crippen LogP contribution in [0.25, 0.3) is 0 Å². The maximum absolute atomic E-state index is 13.5. The van der Waals surface area contributed by atoms with Gasteiger partial charge in [-0.2, -0.15) is 0 Å². The van der Waals surface area contributed by atoms with E-state index in [0.717, 1.165) is 0 Å². The molecule has 0 bridgehead atoms. The van der Waals surface area contributed by atoms with Gasteiger partial charge in [0.15, 0.2) is 11.6 Å². The predicted octanol–water partition coefficient (Wildman–Crippen LogP) is 3.54. The molecular formula is C15H13BrFNO3. The second kappa shape index (κ2) is 6.58. The molecule has 0 heterocycles. The van der Waals surface area contributed by atoms with Crippen LogP contribution in [0.2, 0.25) is 0 Å². The molecule has 0 unspecified atom stereocenters. The molecule has 0 aliphatic heterocycles. The summed E-state index contributed by atoms with van der Waals surface area (Å²) >= 11 is 3.25. The van der Waals surface area contributed by atoms with Crippen LogP contribution in [0.5, 0.6) is 5.75 Å². The van der Waals surface area contributed by atoms with Crippen LogP contribution in [0, 0.1) is 5.82 Å². The number of hydrogen-bond donors (Lipinski definition) is 1. The highest BCUT2D eigenvalue weighted by Gasteiger charge is 2.10. The fourth-order valence-corrected chi connectivity index (χ4v) is 2.27. The summed E-state index contributed by atoms with van der Waals surface area (Å²) in [5.41, 5.74) is 6.97. The molecule has 2 aromatic rings. The monoisotopic (exact) mass is 353 g/mol. The van der Waals surface area contributed by atoms with Gasteiger partial charge in [-0.25, -0.2) is 9.18 Å². The molecule has 2 N–H and O–H groups in total. The lowest BCUT2D eigenvalue weighted by molar-refractivity contribution is 0.0472. The van der Waals surface area contributed by atoms with Gasteiger partial charge >= 0.3 is 5.97 Å². The first-order valence-electron chi connectivity index (χ1n) is 6.05. The van der Waals surface area contributed by atoms with Crippen molar-refractivity contribution in [2.45, 2.75) is 6.61 Å². The van der Waals surface area contributed by atoms with Crippen molar-refractivity contribution in [3.63, 3.8) is 0 Å². The van der Waals surface area contributed by atoms with E-state index in [9.17, 15) is 9.18 Å². The van der Waals surface area contributed by atoms with E-state index in [1.165, 1.54) is 25.3 Å². The van der Waals surface area contributed by atoms with Gasteiger partial charge in [0.25, 0.3) is 0 Å². The molecule has 0 saturated heterocycles. The lowest BCUT2D eigenvalue weighted by atomic mass is 10.2. The fourth-order valence-electron chi connectivity index (χ4n) is 1.76. The number of nitrogen functional groups attached to an aromatic ring is 1. The zero-order valence-electron chi connectivity index (χ0n) is 11.2. The Balaban J connectivity index is 2.05. The van der Waals surface area contributed by atoms with Crippen molar-refractivity contribution in [2.24, 2.45) is 0 Å². The van der Waals surface area contributed by atoms with Crippen LogP contribution in [0.4, 0.5) is 10.1 Å². The Morgan fingerprint density at radius 2 is 2.05 bits per heavy atom. The highest BCUT2D eigenvalue weighted by molar-refractivity contribution is 9.10.